The van der Waals surface area contributed by atoms with Crippen LogP contribution in [0.1, 0.15) is 5.56 Å². The van der Waals surface area contributed by atoms with Crippen LogP contribution in [-0.4, -0.2) is 14.3 Å². The molecule has 3 aromatic carbocycles. The summed E-state index contributed by atoms with van der Waals surface area (Å²) in [5, 5.41) is 12.6. The molecule has 0 saturated carbocycles. The molecule has 0 radical (unpaired) electrons. The van der Waals surface area contributed by atoms with Crippen molar-refractivity contribution >= 4 is 66.9 Å². The highest BCUT2D eigenvalue weighted by Crippen LogP contribution is 2.29. The summed E-state index contributed by atoms with van der Waals surface area (Å²) in [6, 6.07) is 18.4. The SMILES string of the molecule is N#C/C(=C\c1cc(Br)ccc1OS(=O)(=O)c1ccccc1)C(=O)Nc1ccc(Cl)c(Cl)c1. The minimum absolute atomic E-state index is 0.0317. The smallest absolute Gasteiger partial charge is 0.339 e. The lowest BCUT2D eigenvalue weighted by molar-refractivity contribution is -0.112. The molecule has 0 aliphatic rings. The summed E-state index contributed by atoms with van der Waals surface area (Å²) in [4.78, 5) is 12.6. The molecular weight excluding hydrogens is 539 g/mol. The number of carbonyl (C=O) groups is 1. The molecule has 0 atom stereocenters. The average molecular weight is 552 g/mol. The predicted molar refractivity (Wildman–Crippen MR) is 127 cm³/mol. The predicted octanol–water partition coefficient (Wildman–Crippen LogP) is 6.07. The second-order valence-electron chi connectivity index (χ2n) is 6.29. The molecule has 0 saturated heterocycles. The summed E-state index contributed by atoms with van der Waals surface area (Å²) in [5.41, 5.74) is 0.263. The van der Waals surface area contributed by atoms with Gasteiger partial charge in [-0.05, 0) is 54.6 Å². The van der Waals surface area contributed by atoms with Crippen LogP contribution in [-0.2, 0) is 14.9 Å². The topological polar surface area (TPSA) is 96.3 Å². The minimum Gasteiger partial charge on any atom is -0.378 e. The molecule has 0 heterocycles. The number of halogens is 3. The molecule has 3 aromatic rings. The van der Waals surface area contributed by atoms with Crippen molar-refractivity contribution in [1.82, 2.24) is 0 Å². The van der Waals surface area contributed by atoms with Gasteiger partial charge in [-0.2, -0.15) is 13.7 Å². The van der Waals surface area contributed by atoms with Gasteiger partial charge in [0, 0.05) is 15.7 Å². The van der Waals surface area contributed by atoms with Gasteiger partial charge in [-0.25, -0.2) is 0 Å². The zero-order valence-corrected chi connectivity index (χ0v) is 20.0. The minimum atomic E-state index is -4.12. The van der Waals surface area contributed by atoms with Crippen LogP contribution in [0, 0.1) is 11.3 Å². The monoisotopic (exact) mass is 550 g/mol. The lowest BCUT2D eigenvalue weighted by Crippen LogP contribution is -2.14. The second kappa shape index (κ2) is 10.2. The standard InChI is InChI=1S/C22H13BrCl2N2O4S/c23-16-6-9-21(31-32(29,30)18-4-2-1-3-5-18)14(11-16)10-15(13-26)22(28)27-17-7-8-19(24)20(25)12-17/h1-12H,(H,27,28)/b15-10+. The average Bonchev–Trinajstić information content (AvgIpc) is 2.76. The van der Waals surface area contributed by atoms with E-state index in [1.165, 1.54) is 48.5 Å². The maximum Gasteiger partial charge on any atom is 0.339 e. The third kappa shape index (κ3) is 5.90. The number of carbonyl (C=O) groups excluding carboxylic acids is 1. The lowest BCUT2D eigenvalue weighted by Gasteiger charge is -2.11. The first-order valence-corrected chi connectivity index (χ1v) is 11.8. The Morgan fingerprint density at radius 3 is 2.41 bits per heavy atom. The summed E-state index contributed by atoms with van der Waals surface area (Å²) in [7, 11) is -4.12. The van der Waals surface area contributed by atoms with Gasteiger partial charge < -0.3 is 9.50 Å². The van der Waals surface area contributed by atoms with Gasteiger partial charge >= 0.3 is 10.1 Å². The van der Waals surface area contributed by atoms with E-state index in [2.05, 4.69) is 21.2 Å². The quantitative estimate of drug-likeness (QED) is 0.228. The summed E-state index contributed by atoms with van der Waals surface area (Å²) < 4.78 is 31.1. The van der Waals surface area contributed by atoms with Crippen LogP contribution in [0.3, 0.4) is 0 Å². The van der Waals surface area contributed by atoms with Gasteiger partial charge in [-0.3, -0.25) is 4.79 Å². The fourth-order valence-corrected chi connectivity index (χ4v) is 4.19. The molecule has 1 amide bonds. The van der Waals surface area contributed by atoms with Crippen LogP contribution in [0.25, 0.3) is 6.08 Å². The summed E-state index contributed by atoms with van der Waals surface area (Å²) in [6.07, 6.45) is 1.23. The highest BCUT2D eigenvalue weighted by atomic mass is 79.9. The van der Waals surface area contributed by atoms with Gasteiger partial charge in [-0.15, -0.1) is 0 Å². The first kappa shape index (κ1) is 23.8. The summed E-state index contributed by atoms with van der Waals surface area (Å²) in [6.45, 7) is 0. The van der Waals surface area contributed by atoms with Gasteiger partial charge in [0.25, 0.3) is 5.91 Å². The fourth-order valence-electron chi connectivity index (χ4n) is 2.54. The van der Waals surface area contributed by atoms with E-state index in [1.54, 1.807) is 24.3 Å². The maximum atomic E-state index is 12.6. The first-order chi connectivity index (χ1) is 15.2. The Balaban J connectivity index is 1.93. The highest BCUT2D eigenvalue weighted by molar-refractivity contribution is 9.10. The van der Waals surface area contributed by atoms with Crippen LogP contribution in [0.5, 0.6) is 5.75 Å². The van der Waals surface area contributed by atoms with Crippen LogP contribution >= 0.6 is 39.1 Å². The molecular formula is C22H13BrCl2N2O4S. The Bertz CT molecular complexity index is 1350. The summed E-state index contributed by atoms with van der Waals surface area (Å²) >= 11 is 15.1. The number of amides is 1. The van der Waals surface area contributed by atoms with E-state index >= 15 is 0 Å². The van der Waals surface area contributed by atoms with E-state index in [1.807, 2.05) is 6.07 Å². The number of benzene rings is 3. The van der Waals surface area contributed by atoms with Crippen LogP contribution < -0.4 is 9.50 Å². The third-order valence-electron chi connectivity index (χ3n) is 4.05. The van der Waals surface area contributed by atoms with Crippen LogP contribution in [0.2, 0.25) is 10.0 Å². The van der Waals surface area contributed by atoms with Crippen molar-refractivity contribution in [2.45, 2.75) is 4.90 Å². The van der Waals surface area contributed by atoms with Crippen molar-refractivity contribution in [3.05, 3.63) is 92.4 Å². The number of anilines is 1. The number of hydrogen-bond acceptors (Lipinski definition) is 5. The van der Waals surface area contributed by atoms with Gasteiger partial charge in [0.15, 0.2) is 0 Å². The molecule has 32 heavy (non-hydrogen) atoms. The molecule has 3 rings (SSSR count). The number of nitrogens with zero attached hydrogens (tertiary/aromatic N) is 1. The highest BCUT2D eigenvalue weighted by Gasteiger charge is 2.19. The van der Waals surface area contributed by atoms with Gasteiger partial charge in [0.2, 0.25) is 0 Å². The van der Waals surface area contributed by atoms with E-state index in [4.69, 9.17) is 27.4 Å². The van der Waals surface area contributed by atoms with Crippen molar-refractivity contribution in [3.8, 4) is 11.8 Å². The molecule has 1 N–H and O–H groups in total. The molecule has 0 aliphatic carbocycles. The van der Waals surface area contributed by atoms with Crippen molar-refractivity contribution in [1.29, 1.82) is 5.26 Å². The zero-order chi connectivity index (χ0) is 23.3. The second-order valence-corrected chi connectivity index (χ2v) is 9.56. The Kier molecular flexibility index (Phi) is 7.59. The molecule has 0 unspecified atom stereocenters. The zero-order valence-electron chi connectivity index (χ0n) is 16.1. The first-order valence-electron chi connectivity index (χ1n) is 8.87. The molecule has 10 heteroatoms. The molecule has 0 bridgehead atoms. The molecule has 6 nitrogen and oxygen atoms in total. The largest absolute Gasteiger partial charge is 0.378 e. The number of nitrogens with one attached hydrogen (secondary N) is 1. The fraction of sp³-hybridized carbons (Fsp3) is 0. The van der Waals surface area contributed by atoms with Crippen LogP contribution in [0.15, 0.2) is 81.7 Å². The Hall–Kier alpha value is -2.83. The lowest BCUT2D eigenvalue weighted by atomic mass is 10.1. The van der Waals surface area contributed by atoms with E-state index in [0.717, 1.165) is 0 Å². The van der Waals surface area contributed by atoms with Gasteiger partial charge in [0.05, 0.1) is 10.0 Å². The Labute approximate surface area is 203 Å². The molecule has 162 valence electrons. The van der Waals surface area contributed by atoms with Gasteiger partial charge in [-0.1, -0.05) is 57.3 Å². The maximum absolute atomic E-state index is 12.6. The third-order valence-corrected chi connectivity index (χ3v) is 6.53. The Morgan fingerprint density at radius 2 is 1.75 bits per heavy atom. The van der Waals surface area contributed by atoms with Crippen LogP contribution in [0.4, 0.5) is 5.69 Å². The van der Waals surface area contributed by atoms with Crippen molar-refractivity contribution in [3.63, 3.8) is 0 Å². The Morgan fingerprint density at radius 1 is 1.03 bits per heavy atom. The number of hydrogen-bond donors (Lipinski definition) is 1. The number of rotatable bonds is 6. The molecule has 0 fully saturated rings. The summed E-state index contributed by atoms with van der Waals surface area (Å²) in [5.74, 6) is -0.769. The normalized spacial score (nSPS) is 11.5. The van der Waals surface area contributed by atoms with E-state index in [9.17, 15) is 18.5 Å². The van der Waals surface area contributed by atoms with Crippen molar-refractivity contribution in [2.75, 3.05) is 5.32 Å². The van der Waals surface area contributed by atoms with Gasteiger partial charge in [0.1, 0.15) is 22.3 Å². The van der Waals surface area contributed by atoms with Crippen molar-refractivity contribution in [2.24, 2.45) is 0 Å². The van der Waals surface area contributed by atoms with Crippen molar-refractivity contribution < 1.29 is 17.4 Å². The van der Waals surface area contributed by atoms with E-state index < -0.39 is 16.0 Å². The van der Waals surface area contributed by atoms with E-state index in [0.29, 0.717) is 15.2 Å². The molecule has 0 spiro atoms. The number of nitriles is 1. The molecule has 0 aliphatic heterocycles. The molecule has 0 aromatic heterocycles. The van der Waals surface area contributed by atoms with E-state index in [-0.39, 0.29) is 26.8 Å².